The number of nitrogens with zero attached hydrogens (tertiary/aromatic N) is 1. The predicted molar refractivity (Wildman–Crippen MR) is 73.6 cm³/mol. The van der Waals surface area contributed by atoms with Gasteiger partial charge < -0.3 is 5.32 Å². The summed E-state index contributed by atoms with van der Waals surface area (Å²) in [6.07, 6.45) is 0.411. The molecule has 94 valence electrons. The molecule has 1 amide bonds. The minimum Gasteiger partial charge on any atom is -0.348 e. The minimum absolute atomic E-state index is 0.0272. The number of rotatable bonds is 4. The number of aryl methyl sites for hydroxylation is 1. The SMILES string of the molecule is Cc1nc(C(C)NC(=O)Cc2ccccc2)cs1. The first kappa shape index (κ1) is 12.8. The zero-order chi connectivity index (χ0) is 13.0. The number of aromatic nitrogens is 1. The lowest BCUT2D eigenvalue weighted by Crippen LogP contribution is -2.28. The van der Waals surface area contributed by atoms with E-state index in [-0.39, 0.29) is 11.9 Å². The van der Waals surface area contributed by atoms with Gasteiger partial charge in [-0.1, -0.05) is 30.3 Å². The summed E-state index contributed by atoms with van der Waals surface area (Å²) < 4.78 is 0. The van der Waals surface area contributed by atoms with Crippen LogP contribution in [0.2, 0.25) is 0 Å². The molecule has 18 heavy (non-hydrogen) atoms. The lowest BCUT2D eigenvalue weighted by molar-refractivity contribution is -0.121. The molecule has 1 N–H and O–H groups in total. The van der Waals surface area contributed by atoms with Gasteiger partial charge in [0, 0.05) is 5.38 Å². The molecule has 0 aliphatic rings. The summed E-state index contributed by atoms with van der Waals surface area (Å²) in [5.74, 6) is 0.0272. The monoisotopic (exact) mass is 260 g/mol. The second-order valence-electron chi connectivity index (χ2n) is 4.24. The predicted octanol–water partition coefficient (Wildman–Crippen LogP) is 2.87. The molecule has 0 radical (unpaired) electrons. The van der Waals surface area contributed by atoms with E-state index in [1.165, 1.54) is 0 Å². The number of benzene rings is 1. The minimum atomic E-state index is -0.0360. The van der Waals surface area contributed by atoms with Crippen molar-refractivity contribution in [3.63, 3.8) is 0 Å². The van der Waals surface area contributed by atoms with Crippen molar-refractivity contribution in [2.24, 2.45) is 0 Å². The Hall–Kier alpha value is -1.68. The van der Waals surface area contributed by atoms with Crippen molar-refractivity contribution in [1.82, 2.24) is 10.3 Å². The first-order chi connectivity index (χ1) is 8.65. The highest BCUT2D eigenvalue weighted by molar-refractivity contribution is 7.09. The van der Waals surface area contributed by atoms with E-state index in [4.69, 9.17) is 0 Å². The Morgan fingerprint density at radius 2 is 2.11 bits per heavy atom. The molecular formula is C14H16N2OS. The molecule has 0 aliphatic carbocycles. The van der Waals surface area contributed by atoms with E-state index >= 15 is 0 Å². The summed E-state index contributed by atoms with van der Waals surface area (Å²) in [7, 11) is 0. The van der Waals surface area contributed by atoms with E-state index in [2.05, 4.69) is 10.3 Å². The fourth-order valence-corrected chi connectivity index (χ4v) is 2.43. The summed E-state index contributed by atoms with van der Waals surface area (Å²) >= 11 is 1.60. The lowest BCUT2D eigenvalue weighted by Gasteiger charge is -2.11. The van der Waals surface area contributed by atoms with Crippen molar-refractivity contribution in [3.05, 3.63) is 52.0 Å². The van der Waals surface area contributed by atoms with Crippen molar-refractivity contribution in [3.8, 4) is 0 Å². The summed E-state index contributed by atoms with van der Waals surface area (Å²) in [5.41, 5.74) is 1.95. The van der Waals surface area contributed by atoms with Crippen LogP contribution in [-0.4, -0.2) is 10.9 Å². The first-order valence-corrected chi connectivity index (χ1v) is 6.78. The number of hydrogen-bond acceptors (Lipinski definition) is 3. The van der Waals surface area contributed by atoms with Crippen molar-refractivity contribution in [2.75, 3.05) is 0 Å². The van der Waals surface area contributed by atoms with Crippen LogP contribution in [0.3, 0.4) is 0 Å². The maximum Gasteiger partial charge on any atom is 0.224 e. The molecule has 1 heterocycles. The number of nitrogens with one attached hydrogen (secondary N) is 1. The number of carbonyl (C=O) groups excluding carboxylic acids is 1. The second kappa shape index (κ2) is 5.78. The van der Waals surface area contributed by atoms with Crippen LogP contribution in [-0.2, 0) is 11.2 Å². The molecule has 0 fully saturated rings. The lowest BCUT2D eigenvalue weighted by atomic mass is 10.1. The van der Waals surface area contributed by atoms with Gasteiger partial charge in [0.1, 0.15) is 0 Å². The molecule has 1 unspecified atom stereocenters. The molecule has 0 spiro atoms. The van der Waals surface area contributed by atoms with Crippen LogP contribution in [0.5, 0.6) is 0 Å². The van der Waals surface area contributed by atoms with E-state index in [0.29, 0.717) is 6.42 Å². The maximum absolute atomic E-state index is 11.9. The summed E-state index contributed by atoms with van der Waals surface area (Å²) in [4.78, 5) is 16.2. The van der Waals surface area contributed by atoms with Gasteiger partial charge in [0.25, 0.3) is 0 Å². The normalized spacial score (nSPS) is 12.1. The number of thiazole rings is 1. The number of amides is 1. The smallest absolute Gasteiger partial charge is 0.224 e. The molecule has 4 heteroatoms. The molecular weight excluding hydrogens is 244 g/mol. The zero-order valence-electron chi connectivity index (χ0n) is 10.5. The van der Waals surface area contributed by atoms with E-state index in [9.17, 15) is 4.79 Å². The van der Waals surface area contributed by atoms with Gasteiger partial charge >= 0.3 is 0 Å². The highest BCUT2D eigenvalue weighted by atomic mass is 32.1. The Bertz CT molecular complexity index is 522. The second-order valence-corrected chi connectivity index (χ2v) is 5.31. The number of carbonyl (C=O) groups is 1. The van der Waals surface area contributed by atoms with Crippen molar-refractivity contribution < 1.29 is 4.79 Å². The largest absolute Gasteiger partial charge is 0.348 e. The maximum atomic E-state index is 11.9. The van der Waals surface area contributed by atoms with Gasteiger partial charge in [-0.05, 0) is 19.4 Å². The van der Waals surface area contributed by atoms with Gasteiger partial charge in [0.15, 0.2) is 0 Å². The van der Waals surface area contributed by atoms with Crippen LogP contribution < -0.4 is 5.32 Å². The quantitative estimate of drug-likeness (QED) is 0.918. The molecule has 1 atom stereocenters. The average molecular weight is 260 g/mol. The molecule has 0 aliphatic heterocycles. The third kappa shape index (κ3) is 3.40. The van der Waals surface area contributed by atoms with Crippen molar-refractivity contribution in [2.45, 2.75) is 26.3 Å². The van der Waals surface area contributed by atoms with Gasteiger partial charge in [-0.3, -0.25) is 4.79 Å². The molecule has 0 bridgehead atoms. The first-order valence-electron chi connectivity index (χ1n) is 5.90. The van der Waals surface area contributed by atoms with Crippen LogP contribution in [0, 0.1) is 6.92 Å². The molecule has 0 saturated carbocycles. The van der Waals surface area contributed by atoms with Gasteiger partial charge in [-0.2, -0.15) is 0 Å². The van der Waals surface area contributed by atoms with E-state index in [1.54, 1.807) is 11.3 Å². The third-order valence-corrected chi connectivity index (χ3v) is 3.46. The van der Waals surface area contributed by atoms with Gasteiger partial charge in [-0.25, -0.2) is 4.98 Å². The summed E-state index contributed by atoms with van der Waals surface area (Å²) in [6, 6.07) is 9.70. The van der Waals surface area contributed by atoms with E-state index in [0.717, 1.165) is 16.3 Å². The van der Waals surface area contributed by atoms with Crippen LogP contribution in [0.4, 0.5) is 0 Å². The molecule has 2 rings (SSSR count). The highest BCUT2D eigenvalue weighted by Gasteiger charge is 2.12. The average Bonchev–Trinajstić information content (AvgIpc) is 2.77. The van der Waals surface area contributed by atoms with Crippen LogP contribution in [0.25, 0.3) is 0 Å². The number of hydrogen-bond donors (Lipinski definition) is 1. The summed E-state index contributed by atoms with van der Waals surface area (Å²) in [6.45, 7) is 3.92. The van der Waals surface area contributed by atoms with Crippen LogP contribution in [0.1, 0.15) is 29.2 Å². The zero-order valence-corrected chi connectivity index (χ0v) is 11.3. The third-order valence-electron chi connectivity index (χ3n) is 2.67. The van der Waals surface area contributed by atoms with Crippen molar-refractivity contribution >= 4 is 17.2 Å². The fraction of sp³-hybridized carbons (Fsp3) is 0.286. The standard InChI is InChI=1S/C14H16N2OS/c1-10(13-9-18-11(2)16-13)15-14(17)8-12-6-4-3-5-7-12/h3-7,9-10H,8H2,1-2H3,(H,15,17). The molecule has 0 saturated heterocycles. The van der Waals surface area contributed by atoms with E-state index < -0.39 is 0 Å². The Morgan fingerprint density at radius 1 is 1.39 bits per heavy atom. The highest BCUT2D eigenvalue weighted by Crippen LogP contribution is 2.15. The van der Waals surface area contributed by atoms with Gasteiger partial charge in [0.2, 0.25) is 5.91 Å². The summed E-state index contributed by atoms with van der Waals surface area (Å²) in [5, 5.41) is 5.97. The Kier molecular flexibility index (Phi) is 4.10. The Labute approximate surface area is 111 Å². The van der Waals surface area contributed by atoms with Gasteiger partial charge in [-0.15, -0.1) is 11.3 Å². The van der Waals surface area contributed by atoms with Crippen LogP contribution in [0.15, 0.2) is 35.7 Å². The van der Waals surface area contributed by atoms with E-state index in [1.807, 2.05) is 49.6 Å². The topological polar surface area (TPSA) is 42.0 Å². The molecule has 1 aromatic heterocycles. The molecule has 3 nitrogen and oxygen atoms in total. The molecule has 2 aromatic rings. The van der Waals surface area contributed by atoms with Crippen molar-refractivity contribution in [1.29, 1.82) is 0 Å². The van der Waals surface area contributed by atoms with Gasteiger partial charge in [0.05, 0.1) is 23.2 Å². The fourth-order valence-electron chi connectivity index (χ4n) is 1.73. The Morgan fingerprint density at radius 3 is 2.72 bits per heavy atom. The Balaban J connectivity index is 1.92. The van der Waals surface area contributed by atoms with Crippen LogP contribution >= 0.6 is 11.3 Å². The molecule has 1 aromatic carbocycles.